The minimum absolute atomic E-state index is 0.365. The van der Waals surface area contributed by atoms with Gasteiger partial charge in [-0.05, 0) is 49.8 Å². The molecule has 0 bridgehead atoms. The maximum atomic E-state index is 13.0. The highest BCUT2D eigenvalue weighted by Crippen LogP contribution is 2.28. The van der Waals surface area contributed by atoms with Crippen molar-refractivity contribution in [1.82, 2.24) is 9.29 Å². The Bertz CT molecular complexity index is 1020. The number of nitrogens with zero attached hydrogens (tertiary/aromatic N) is 2. The summed E-state index contributed by atoms with van der Waals surface area (Å²) in [5.74, 6) is 0.545. The molecule has 28 heavy (non-hydrogen) atoms. The van der Waals surface area contributed by atoms with Crippen LogP contribution in [0.3, 0.4) is 0 Å². The van der Waals surface area contributed by atoms with Crippen molar-refractivity contribution in [3.63, 3.8) is 0 Å². The van der Waals surface area contributed by atoms with Gasteiger partial charge in [-0.25, -0.2) is 13.4 Å². The van der Waals surface area contributed by atoms with Gasteiger partial charge >= 0.3 is 0 Å². The number of aromatic nitrogens is 1. The predicted molar refractivity (Wildman–Crippen MR) is 114 cm³/mol. The number of hydrogen-bond donors (Lipinski definition) is 0. The number of aryl methyl sites for hydroxylation is 1. The van der Waals surface area contributed by atoms with Crippen LogP contribution in [0, 0.1) is 12.8 Å². The lowest BCUT2D eigenvalue weighted by Crippen LogP contribution is -2.38. The van der Waals surface area contributed by atoms with Crippen LogP contribution in [-0.4, -0.2) is 30.8 Å². The summed E-state index contributed by atoms with van der Waals surface area (Å²) < 4.78 is 27.7. The Hall–Kier alpha value is -2.02. The Balaban J connectivity index is 1.41. The summed E-state index contributed by atoms with van der Waals surface area (Å²) in [6, 6.07) is 17.6. The predicted octanol–water partition coefficient (Wildman–Crippen LogP) is 4.76. The van der Waals surface area contributed by atoms with E-state index in [2.05, 4.69) is 29.2 Å². The van der Waals surface area contributed by atoms with E-state index in [0.717, 1.165) is 35.5 Å². The summed E-state index contributed by atoms with van der Waals surface area (Å²) in [6.07, 6.45) is 2.84. The number of hydrogen-bond acceptors (Lipinski definition) is 4. The van der Waals surface area contributed by atoms with E-state index in [1.807, 2.05) is 30.5 Å². The molecule has 2 heterocycles. The third-order valence-corrected chi connectivity index (χ3v) is 8.03. The molecule has 0 N–H and O–H groups in total. The standard InChI is InChI=1S/C22H24N2O2S2/c1-17-23-22(16-27-17)20-7-9-21(10-8-20)28(25,26)24-13-11-19(12-14-24)15-18-5-3-2-4-6-18/h2-10,16,19H,11-15H2,1H3. The van der Waals surface area contributed by atoms with Gasteiger partial charge in [-0.15, -0.1) is 11.3 Å². The first-order valence-electron chi connectivity index (χ1n) is 9.59. The highest BCUT2D eigenvalue weighted by atomic mass is 32.2. The smallest absolute Gasteiger partial charge is 0.242 e. The Labute approximate surface area is 170 Å². The molecular formula is C22H24N2O2S2. The van der Waals surface area contributed by atoms with Gasteiger partial charge in [-0.2, -0.15) is 4.31 Å². The van der Waals surface area contributed by atoms with Gasteiger partial charge in [0.2, 0.25) is 10.0 Å². The van der Waals surface area contributed by atoms with Gasteiger partial charge in [0.1, 0.15) is 0 Å². The summed E-state index contributed by atoms with van der Waals surface area (Å²) in [5, 5.41) is 3.00. The highest BCUT2D eigenvalue weighted by molar-refractivity contribution is 7.89. The van der Waals surface area contributed by atoms with Gasteiger partial charge in [0.05, 0.1) is 15.6 Å². The molecule has 0 unspecified atom stereocenters. The fourth-order valence-electron chi connectivity index (χ4n) is 3.74. The van der Waals surface area contributed by atoms with Crippen LogP contribution >= 0.6 is 11.3 Å². The van der Waals surface area contributed by atoms with Crippen LogP contribution < -0.4 is 0 Å². The molecule has 146 valence electrons. The van der Waals surface area contributed by atoms with Crippen molar-refractivity contribution in [2.75, 3.05) is 13.1 Å². The molecule has 6 heteroatoms. The maximum absolute atomic E-state index is 13.0. The molecule has 1 saturated heterocycles. The fraction of sp³-hybridized carbons (Fsp3) is 0.318. The molecule has 4 nitrogen and oxygen atoms in total. The zero-order valence-corrected chi connectivity index (χ0v) is 17.5. The van der Waals surface area contributed by atoms with E-state index < -0.39 is 10.0 Å². The second-order valence-corrected chi connectivity index (χ2v) is 10.3. The molecule has 1 aromatic heterocycles. The minimum atomic E-state index is -3.44. The second kappa shape index (κ2) is 8.15. The van der Waals surface area contributed by atoms with Crippen LogP contribution in [0.2, 0.25) is 0 Å². The van der Waals surface area contributed by atoms with Gasteiger partial charge in [-0.3, -0.25) is 0 Å². The minimum Gasteiger partial charge on any atom is -0.242 e. The molecule has 0 aliphatic carbocycles. The van der Waals surface area contributed by atoms with E-state index in [-0.39, 0.29) is 0 Å². The Morgan fingerprint density at radius 3 is 2.32 bits per heavy atom. The summed E-state index contributed by atoms with van der Waals surface area (Å²) in [6.45, 7) is 3.15. The van der Waals surface area contributed by atoms with Crippen molar-refractivity contribution in [3.05, 3.63) is 70.5 Å². The maximum Gasteiger partial charge on any atom is 0.243 e. The van der Waals surface area contributed by atoms with Gasteiger partial charge < -0.3 is 0 Å². The average molecular weight is 413 g/mol. The van der Waals surface area contributed by atoms with Crippen molar-refractivity contribution < 1.29 is 8.42 Å². The molecule has 3 aromatic rings. The first kappa shape index (κ1) is 19.3. The molecule has 2 aromatic carbocycles. The van der Waals surface area contributed by atoms with Gasteiger partial charge in [0.15, 0.2) is 0 Å². The van der Waals surface area contributed by atoms with Gasteiger partial charge in [0.25, 0.3) is 0 Å². The molecular weight excluding hydrogens is 388 g/mol. The molecule has 0 amide bonds. The summed E-state index contributed by atoms with van der Waals surface area (Å²) in [4.78, 5) is 4.83. The topological polar surface area (TPSA) is 50.3 Å². The zero-order chi connectivity index (χ0) is 19.6. The molecule has 1 aliphatic rings. The third kappa shape index (κ3) is 4.19. The number of benzene rings is 2. The van der Waals surface area contributed by atoms with Crippen LogP contribution in [0.15, 0.2) is 64.9 Å². The molecule has 1 aliphatic heterocycles. The van der Waals surface area contributed by atoms with E-state index in [4.69, 9.17) is 0 Å². The highest BCUT2D eigenvalue weighted by Gasteiger charge is 2.29. The second-order valence-electron chi connectivity index (χ2n) is 7.31. The van der Waals surface area contributed by atoms with Crippen molar-refractivity contribution in [1.29, 1.82) is 0 Å². The summed E-state index contributed by atoms with van der Waals surface area (Å²) in [5.41, 5.74) is 3.18. The largest absolute Gasteiger partial charge is 0.243 e. The number of rotatable bonds is 5. The third-order valence-electron chi connectivity index (χ3n) is 5.35. The zero-order valence-electron chi connectivity index (χ0n) is 15.9. The van der Waals surface area contributed by atoms with Crippen LogP contribution in [0.25, 0.3) is 11.3 Å². The molecule has 1 fully saturated rings. The fourth-order valence-corrected chi connectivity index (χ4v) is 5.84. The van der Waals surface area contributed by atoms with Gasteiger partial charge in [0, 0.05) is 24.0 Å². The monoisotopic (exact) mass is 412 g/mol. The first-order valence-corrected chi connectivity index (χ1v) is 11.9. The van der Waals surface area contributed by atoms with E-state index in [9.17, 15) is 8.42 Å². The molecule has 4 rings (SSSR count). The quantitative estimate of drug-likeness (QED) is 0.607. The van der Waals surface area contributed by atoms with Crippen LogP contribution in [0.5, 0.6) is 0 Å². The molecule has 0 saturated carbocycles. The average Bonchev–Trinajstić information content (AvgIpc) is 3.16. The summed E-state index contributed by atoms with van der Waals surface area (Å²) in [7, 11) is -3.44. The molecule has 0 radical (unpaired) electrons. The van der Waals surface area contributed by atoms with Gasteiger partial charge in [-0.1, -0.05) is 42.5 Å². The number of sulfonamides is 1. The van der Waals surface area contributed by atoms with Crippen molar-refractivity contribution in [2.45, 2.75) is 31.1 Å². The Morgan fingerprint density at radius 2 is 1.71 bits per heavy atom. The van der Waals surface area contributed by atoms with Crippen LogP contribution in [0.1, 0.15) is 23.4 Å². The van der Waals surface area contributed by atoms with E-state index in [1.54, 1.807) is 27.8 Å². The summed E-state index contributed by atoms with van der Waals surface area (Å²) >= 11 is 1.59. The Morgan fingerprint density at radius 1 is 1.04 bits per heavy atom. The van der Waals surface area contributed by atoms with Crippen LogP contribution in [-0.2, 0) is 16.4 Å². The Kier molecular flexibility index (Phi) is 5.62. The number of thiazole rings is 1. The molecule has 0 spiro atoms. The lowest BCUT2D eigenvalue weighted by Gasteiger charge is -2.31. The number of piperidine rings is 1. The first-order chi connectivity index (χ1) is 13.5. The van der Waals surface area contributed by atoms with E-state index in [0.29, 0.717) is 23.9 Å². The van der Waals surface area contributed by atoms with E-state index in [1.165, 1.54) is 5.56 Å². The normalized spacial score (nSPS) is 16.3. The van der Waals surface area contributed by atoms with E-state index >= 15 is 0 Å². The lowest BCUT2D eigenvalue weighted by molar-refractivity contribution is 0.273. The lowest BCUT2D eigenvalue weighted by atomic mass is 9.91. The van der Waals surface area contributed by atoms with Crippen LogP contribution in [0.4, 0.5) is 0 Å². The van der Waals surface area contributed by atoms with Crippen molar-refractivity contribution in [2.24, 2.45) is 5.92 Å². The van der Waals surface area contributed by atoms with Crippen molar-refractivity contribution in [3.8, 4) is 11.3 Å². The SMILES string of the molecule is Cc1nc(-c2ccc(S(=O)(=O)N3CCC(Cc4ccccc4)CC3)cc2)cs1. The molecule has 0 atom stereocenters. The van der Waals surface area contributed by atoms with Crippen molar-refractivity contribution >= 4 is 21.4 Å².